The van der Waals surface area contributed by atoms with E-state index < -0.39 is 29.5 Å². The molecule has 0 aromatic heterocycles. The zero-order valence-corrected chi connectivity index (χ0v) is 14.1. The Morgan fingerprint density at radius 1 is 1.39 bits per heavy atom. The van der Waals surface area contributed by atoms with Crippen LogP contribution < -0.4 is 16.4 Å². The number of primary amides is 1. The SMILES string of the molecule is CC[C@H](NC(=O)O)C(=O)N[C@]1(C(N)=O)C[C@@H]1c1ccc(Br)cc1. The van der Waals surface area contributed by atoms with E-state index in [2.05, 4.69) is 26.6 Å². The predicted molar refractivity (Wildman–Crippen MR) is 86.8 cm³/mol. The van der Waals surface area contributed by atoms with Crippen LogP contribution in [-0.4, -0.2) is 34.6 Å². The molecule has 3 atom stereocenters. The molecule has 1 aromatic carbocycles. The second kappa shape index (κ2) is 6.57. The molecule has 0 aliphatic heterocycles. The number of rotatable bonds is 6. The minimum absolute atomic E-state index is 0.209. The molecule has 1 aliphatic rings. The first-order chi connectivity index (χ1) is 10.8. The van der Waals surface area contributed by atoms with Crippen LogP contribution in [0, 0.1) is 0 Å². The molecule has 0 bridgehead atoms. The van der Waals surface area contributed by atoms with E-state index in [1.807, 2.05) is 24.3 Å². The molecular weight excluding hydrogens is 366 g/mol. The van der Waals surface area contributed by atoms with Crippen molar-refractivity contribution in [2.75, 3.05) is 0 Å². The maximum absolute atomic E-state index is 12.2. The maximum Gasteiger partial charge on any atom is 0.405 e. The quantitative estimate of drug-likeness (QED) is 0.591. The van der Waals surface area contributed by atoms with E-state index in [-0.39, 0.29) is 12.3 Å². The van der Waals surface area contributed by atoms with Gasteiger partial charge in [-0.1, -0.05) is 35.0 Å². The molecule has 0 heterocycles. The molecule has 1 fully saturated rings. The van der Waals surface area contributed by atoms with Gasteiger partial charge in [0.25, 0.3) is 0 Å². The van der Waals surface area contributed by atoms with Crippen molar-refractivity contribution in [2.45, 2.75) is 37.3 Å². The Labute approximate surface area is 141 Å². The Hall–Kier alpha value is -2.09. The number of nitrogens with two attached hydrogens (primary N) is 1. The third kappa shape index (κ3) is 3.64. The summed E-state index contributed by atoms with van der Waals surface area (Å²) in [7, 11) is 0. The van der Waals surface area contributed by atoms with Crippen molar-refractivity contribution >= 4 is 33.8 Å². The molecule has 5 N–H and O–H groups in total. The monoisotopic (exact) mass is 383 g/mol. The van der Waals surface area contributed by atoms with Gasteiger partial charge in [0, 0.05) is 10.4 Å². The number of benzene rings is 1. The molecule has 0 spiro atoms. The molecule has 3 amide bonds. The lowest BCUT2D eigenvalue weighted by Crippen LogP contribution is -2.54. The highest BCUT2D eigenvalue weighted by atomic mass is 79.9. The van der Waals surface area contributed by atoms with Crippen molar-refractivity contribution in [3.63, 3.8) is 0 Å². The van der Waals surface area contributed by atoms with Crippen molar-refractivity contribution in [3.05, 3.63) is 34.3 Å². The molecule has 0 unspecified atom stereocenters. The lowest BCUT2D eigenvalue weighted by Gasteiger charge is -2.20. The molecule has 0 radical (unpaired) electrons. The zero-order valence-electron chi connectivity index (χ0n) is 12.5. The highest BCUT2D eigenvalue weighted by Crippen LogP contribution is 2.51. The summed E-state index contributed by atoms with van der Waals surface area (Å²) in [5.74, 6) is -1.38. The predicted octanol–water partition coefficient (Wildman–Crippen LogP) is 1.32. The fraction of sp³-hybridized carbons (Fsp3) is 0.400. The Balaban J connectivity index is 2.14. The number of halogens is 1. The summed E-state index contributed by atoms with van der Waals surface area (Å²) in [5, 5.41) is 13.5. The summed E-state index contributed by atoms with van der Waals surface area (Å²) in [6.45, 7) is 1.68. The van der Waals surface area contributed by atoms with E-state index in [1.54, 1.807) is 6.92 Å². The van der Waals surface area contributed by atoms with Gasteiger partial charge in [0.05, 0.1) is 0 Å². The number of hydrogen-bond acceptors (Lipinski definition) is 3. The van der Waals surface area contributed by atoms with Crippen molar-refractivity contribution in [1.29, 1.82) is 0 Å². The van der Waals surface area contributed by atoms with Gasteiger partial charge in [-0.2, -0.15) is 0 Å². The van der Waals surface area contributed by atoms with E-state index in [9.17, 15) is 14.4 Å². The van der Waals surface area contributed by atoms with E-state index >= 15 is 0 Å². The summed E-state index contributed by atoms with van der Waals surface area (Å²) in [5.41, 5.74) is 5.22. The Morgan fingerprint density at radius 2 is 2.00 bits per heavy atom. The van der Waals surface area contributed by atoms with Crippen LogP contribution in [0.1, 0.15) is 31.2 Å². The highest BCUT2D eigenvalue weighted by Gasteiger charge is 2.61. The molecule has 8 heteroatoms. The van der Waals surface area contributed by atoms with Crippen LogP contribution in [0.25, 0.3) is 0 Å². The van der Waals surface area contributed by atoms with Crippen LogP contribution in [0.2, 0.25) is 0 Å². The third-order valence-corrected chi connectivity index (χ3v) is 4.57. The van der Waals surface area contributed by atoms with Crippen molar-refractivity contribution < 1.29 is 19.5 Å². The summed E-state index contributed by atoms with van der Waals surface area (Å²) >= 11 is 3.34. The number of carbonyl (C=O) groups is 3. The first-order valence-corrected chi connectivity index (χ1v) is 7.96. The first-order valence-electron chi connectivity index (χ1n) is 7.17. The van der Waals surface area contributed by atoms with E-state index in [0.717, 1.165) is 10.0 Å². The fourth-order valence-electron chi connectivity index (χ4n) is 2.64. The van der Waals surface area contributed by atoms with Crippen LogP contribution in [0.5, 0.6) is 0 Å². The van der Waals surface area contributed by atoms with Gasteiger partial charge < -0.3 is 21.5 Å². The number of amides is 3. The minimum atomic E-state index is -1.29. The molecule has 23 heavy (non-hydrogen) atoms. The van der Waals surface area contributed by atoms with Crippen LogP contribution in [0.3, 0.4) is 0 Å². The first kappa shape index (κ1) is 17.3. The summed E-state index contributed by atoms with van der Waals surface area (Å²) in [6, 6.07) is 6.50. The Kier molecular flexibility index (Phi) is 4.93. The van der Waals surface area contributed by atoms with Gasteiger partial charge in [-0.05, 0) is 30.5 Å². The molecule has 1 aromatic rings. The van der Waals surface area contributed by atoms with Crippen LogP contribution in [0.15, 0.2) is 28.7 Å². The van der Waals surface area contributed by atoms with Crippen LogP contribution in [0.4, 0.5) is 4.79 Å². The average molecular weight is 384 g/mol. The molecule has 1 aliphatic carbocycles. The summed E-state index contributed by atoms with van der Waals surface area (Å²) in [4.78, 5) is 34.8. The van der Waals surface area contributed by atoms with Gasteiger partial charge in [-0.15, -0.1) is 0 Å². The standard InChI is InChI=1S/C15H18BrN3O4/c1-2-11(18-14(22)23)12(20)19-15(13(17)21)7-10(15)8-3-5-9(16)6-4-8/h3-6,10-11,18H,2,7H2,1H3,(H2,17,21)(H,19,20)(H,22,23)/t10-,11+,15-/m1/s1. The van der Waals surface area contributed by atoms with E-state index in [4.69, 9.17) is 10.8 Å². The highest BCUT2D eigenvalue weighted by molar-refractivity contribution is 9.10. The van der Waals surface area contributed by atoms with Gasteiger partial charge in [0.15, 0.2) is 0 Å². The van der Waals surface area contributed by atoms with Crippen LogP contribution >= 0.6 is 15.9 Å². The van der Waals surface area contributed by atoms with Crippen molar-refractivity contribution in [2.24, 2.45) is 5.73 Å². The lowest BCUT2D eigenvalue weighted by molar-refractivity contribution is -0.129. The molecule has 124 valence electrons. The Morgan fingerprint density at radius 3 is 2.48 bits per heavy atom. The van der Waals surface area contributed by atoms with Gasteiger partial charge in [0.2, 0.25) is 11.8 Å². The topological polar surface area (TPSA) is 122 Å². The zero-order chi connectivity index (χ0) is 17.2. The smallest absolute Gasteiger partial charge is 0.405 e. The van der Waals surface area contributed by atoms with E-state index in [0.29, 0.717) is 6.42 Å². The number of nitrogens with one attached hydrogen (secondary N) is 2. The fourth-order valence-corrected chi connectivity index (χ4v) is 2.91. The number of carbonyl (C=O) groups excluding carboxylic acids is 2. The largest absolute Gasteiger partial charge is 0.465 e. The summed E-state index contributed by atoms with van der Waals surface area (Å²) < 4.78 is 0.910. The molecule has 2 rings (SSSR count). The number of carboxylic acid groups (broad SMARTS) is 1. The van der Waals surface area contributed by atoms with E-state index in [1.165, 1.54) is 0 Å². The number of hydrogen-bond donors (Lipinski definition) is 4. The average Bonchev–Trinajstić information content (AvgIpc) is 3.20. The lowest BCUT2D eigenvalue weighted by atomic mass is 10.0. The van der Waals surface area contributed by atoms with Gasteiger partial charge in [-0.25, -0.2) is 4.79 Å². The van der Waals surface area contributed by atoms with Gasteiger partial charge in [0.1, 0.15) is 11.6 Å². The Bertz CT molecular complexity index is 634. The van der Waals surface area contributed by atoms with Crippen molar-refractivity contribution in [1.82, 2.24) is 10.6 Å². The van der Waals surface area contributed by atoms with Crippen LogP contribution in [-0.2, 0) is 9.59 Å². The minimum Gasteiger partial charge on any atom is -0.465 e. The normalized spacial score (nSPS) is 23.7. The third-order valence-electron chi connectivity index (χ3n) is 4.04. The van der Waals surface area contributed by atoms with Crippen molar-refractivity contribution in [3.8, 4) is 0 Å². The maximum atomic E-state index is 12.2. The summed E-state index contributed by atoms with van der Waals surface area (Å²) in [6.07, 6.45) is -0.616. The van der Waals surface area contributed by atoms with Gasteiger partial charge >= 0.3 is 6.09 Å². The van der Waals surface area contributed by atoms with Gasteiger partial charge in [-0.3, -0.25) is 9.59 Å². The molecule has 1 saturated carbocycles. The second-order valence-electron chi connectivity index (χ2n) is 5.54. The molecule has 0 saturated heterocycles. The molecular formula is C15H18BrN3O4. The molecule has 7 nitrogen and oxygen atoms in total. The second-order valence-corrected chi connectivity index (χ2v) is 6.46.